The van der Waals surface area contributed by atoms with Gasteiger partial charge in [0.2, 0.25) is 0 Å². The third kappa shape index (κ3) is 3.17. The standard InChI is InChI=1S/C15H26N4/c1-5-7-12-13(16-6-2)17-11-18-14(12)19-9-8-15(3,4)10-19/h11H,5-10H2,1-4H3,(H,16,17,18). The minimum Gasteiger partial charge on any atom is -0.370 e. The molecule has 4 nitrogen and oxygen atoms in total. The Morgan fingerprint density at radius 2 is 2.11 bits per heavy atom. The predicted octanol–water partition coefficient (Wildman–Crippen LogP) is 3.10. The minimum atomic E-state index is 0.396. The van der Waals surface area contributed by atoms with Crippen LogP contribution in [-0.2, 0) is 6.42 Å². The van der Waals surface area contributed by atoms with E-state index in [-0.39, 0.29) is 0 Å². The molecule has 0 spiro atoms. The van der Waals surface area contributed by atoms with Crippen LogP contribution >= 0.6 is 0 Å². The van der Waals surface area contributed by atoms with Crippen LogP contribution < -0.4 is 10.2 Å². The fraction of sp³-hybridized carbons (Fsp3) is 0.733. The Balaban J connectivity index is 2.31. The summed E-state index contributed by atoms with van der Waals surface area (Å²) in [5.74, 6) is 2.15. The minimum absolute atomic E-state index is 0.396. The second kappa shape index (κ2) is 5.76. The van der Waals surface area contributed by atoms with Gasteiger partial charge in [-0.15, -0.1) is 0 Å². The highest BCUT2D eigenvalue weighted by molar-refractivity contribution is 5.59. The molecule has 106 valence electrons. The summed E-state index contributed by atoms with van der Waals surface area (Å²) < 4.78 is 0. The predicted molar refractivity (Wildman–Crippen MR) is 80.8 cm³/mol. The van der Waals surface area contributed by atoms with Crippen LogP contribution in [0.2, 0.25) is 0 Å². The van der Waals surface area contributed by atoms with Gasteiger partial charge in [-0.05, 0) is 25.2 Å². The molecule has 2 rings (SSSR count). The van der Waals surface area contributed by atoms with E-state index in [2.05, 4.69) is 47.9 Å². The van der Waals surface area contributed by atoms with Gasteiger partial charge in [-0.2, -0.15) is 0 Å². The van der Waals surface area contributed by atoms with Crippen molar-refractivity contribution < 1.29 is 0 Å². The molecule has 0 aromatic carbocycles. The summed E-state index contributed by atoms with van der Waals surface area (Å²) in [5.41, 5.74) is 1.68. The van der Waals surface area contributed by atoms with Gasteiger partial charge in [0, 0.05) is 25.2 Å². The third-order valence-electron chi connectivity index (χ3n) is 3.74. The zero-order valence-corrected chi connectivity index (χ0v) is 12.7. The molecule has 1 aromatic rings. The van der Waals surface area contributed by atoms with Crippen LogP contribution in [0.25, 0.3) is 0 Å². The van der Waals surface area contributed by atoms with E-state index in [4.69, 9.17) is 0 Å². The molecule has 1 aromatic heterocycles. The zero-order valence-electron chi connectivity index (χ0n) is 12.7. The first-order valence-electron chi connectivity index (χ1n) is 7.40. The van der Waals surface area contributed by atoms with Crippen LogP contribution in [0.4, 0.5) is 11.6 Å². The van der Waals surface area contributed by atoms with E-state index in [1.54, 1.807) is 6.33 Å². The molecule has 1 N–H and O–H groups in total. The van der Waals surface area contributed by atoms with Gasteiger partial charge in [-0.25, -0.2) is 9.97 Å². The van der Waals surface area contributed by atoms with Gasteiger partial charge in [0.25, 0.3) is 0 Å². The Kier molecular flexibility index (Phi) is 4.27. The van der Waals surface area contributed by atoms with Gasteiger partial charge in [0.1, 0.15) is 18.0 Å². The molecule has 0 saturated carbocycles. The summed E-state index contributed by atoms with van der Waals surface area (Å²) in [6.45, 7) is 12.1. The van der Waals surface area contributed by atoms with Crippen molar-refractivity contribution in [3.8, 4) is 0 Å². The number of anilines is 2. The van der Waals surface area contributed by atoms with Crippen molar-refractivity contribution in [2.45, 2.75) is 47.0 Å². The van der Waals surface area contributed by atoms with E-state index in [0.717, 1.165) is 44.1 Å². The van der Waals surface area contributed by atoms with Crippen molar-refractivity contribution in [1.29, 1.82) is 0 Å². The van der Waals surface area contributed by atoms with Crippen molar-refractivity contribution in [3.05, 3.63) is 11.9 Å². The highest BCUT2D eigenvalue weighted by Gasteiger charge is 2.31. The summed E-state index contributed by atoms with van der Waals surface area (Å²) >= 11 is 0. The lowest BCUT2D eigenvalue weighted by atomic mass is 9.93. The molecule has 0 bridgehead atoms. The molecule has 2 heterocycles. The number of rotatable bonds is 5. The van der Waals surface area contributed by atoms with Gasteiger partial charge in [-0.3, -0.25) is 0 Å². The Morgan fingerprint density at radius 3 is 2.68 bits per heavy atom. The Hall–Kier alpha value is -1.32. The molecule has 4 heteroatoms. The smallest absolute Gasteiger partial charge is 0.137 e. The van der Waals surface area contributed by atoms with E-state index >= 15 is 0 Å². The van der Waals surface area contributed by atoms with Crippen molar-refractivity contribution in [3.63, 3.8) is 0 Å². The number of hydrogen-bond donors (Lipinski definition) is 1. The van der Waals surface area contributed by atoms with Crippen LogP contribution in [0.3, 0.4) is 0 Å². The summed E-state index contributed by atoms with van der Waals surface area (Å²) in [4.78, 5) is 11.4. The van der Waals surface area contributed by atoms with Crippen molar-refractivity contribution >= 4 is 11.6 Å². The summed E-state index contributed by atoms with van der Waals surface area (Å²) in [6.07, 6.45) is 5.09. The molecular formula is C15H26N4. The lowest BCUT2D eigenvalue weighted by Gasteiger charge is -2.24. The second-order valence-electron chi connectivity index (χ2n) is 6.14. The molecule has 1 aliphatic heterocycles. The zero-order chi connectivity index (χ0) is 13.9. The largest absolute Gasteiger partial charge is 0.370 e. The summed E-state index contributed by atoms with van der Waals surface area (Å²) in [5, 5.41) is 3.37. The van der Waals surface area contributed by atoms with Gasteiger partial charge >= 0.3 is 0 Å². The summed E-state index contributed by atoms with van der Waals surface area (Å²) in [6, 6.07) is 0. The molecule has 0 unspecified atom stereocenters. The maximum absolute atomic E-state index is 4.56. The van der Waals surface area contributed by atoms with E-state index in [0.29, 0.717) is 5.41 Å². The maximum Gasteiger partial charge on any atom is 0.137 e. The first-order chi connectivity index (χ1) is 9.07. The van der Waals surface area contributed by atoms with Gasteiger partial charge in [0.15, 0.2) is 0 Å². The molecule has 0 aliphatic carbocycles. The van der Waals surface area contributed by atoms with Crippen LogP contribution in [0.15, 0.2) is 6.33 Å². The van der Waals surface area contributed by atoms with Crippen LogP contribution in [0.1, 0.15) is 46.1 Å². The molecule has 19 heavy (non-hydrogen) atoms. The fourth-order valence-electron chi connectivity index (χ4n) is 2.77. The lowest BCUT2D eigenvalue weighted by Crippen LogP contribution is -2.25. The molecule has 1 fully saturated rings. The quantitative estimate of drug-likeness (QED) is 0.885. The number of nitrogens with one attached hydrogen (secondary N) is 1. The van der Waals surface area contributed by atoms with Crippen LogP contribution in [0.5, 0.6) is 0 Å². The SMILES string of the molecule is CCCc1c(NCC)ncnc1N1CCC(C)(C)C1. The van der Waals surface area contributed by atoms with Gasteiger partial charge in [0.05, 0.1) is 0 Å². The van der Waals surface area contributed by atoms with Crippen molar-refractivity contribution in [2.24, 2.45) is 5.41 Å². The first-order valence-corrected chi connectivity index (χ1v) is 7.40. The van der Waals surface area contributed by atoms with Crippen molar-refractivity contribution in [2.75, 3.05) is 29.9 Å². The lowest BCUT2D eigenvalue weighted by molar-refractivity contribution is 0.418. The van der Waals surface area contributed by atoms with E-state index < -0.39 is 0 Å². The highest BCUT2D eigenvalue weighted by atomic mass is 15.2. The number of nitrogens with zero attached hydrogens (tertiary/aromatic N) is 3. The first kappa shape index (κ1) is 14.1. The molecular weight excluding hydrogens is 236 g/mol. The van der Waals surface area contributed by atoms with Crippen LogP contribution in [0, 0.1) is 5.41 Å². The van der Waals surface area contributed by atoms with E-state index in [1.165, 1.54) is 12.0 Å². The molecule has 0 atom stereocenters. The third-order valence-corrected chi connectivity index (χ3v) is 3.74. The Morgan fingerprint density at radius 1 is 1.32 bits per heavy atom. The Labute approximate surface area is 116 Å². The fourth-order valence-corrected chi connectivity index (χ4v) is 2.77. The van der Waals surface area contributed by atoms with E-state index in [9.17, 15) is 0 Å². The normalized spacial score (nSPS) is 17.8. The molecule has 1 aliphatic rings. The maximum atomic E-state index is 4.56. The average Bonchev–Trinajstić information content (AvgIpc) is 2.72. The summed E-state index contributed by atoms with van der Waals surface area (Å²) in [7, 11) is 0. The molecule has 0 radical (unpaired) electrons. The molecule has 0 amide bonds. The Bertz CT molecular complexity index is 428. The van der Waals surface area contributed by atoms with E-state index in [1.807, 2.05) is 0 Å². The van der Waals surface area contributed by atoms with Crippen LogP contribution in [-0.4, -0.2) is 29.6 Å². The average molecular weight is 262 g/mol. The topological polar surface area (TPSA) is 41.1 Å². The number of hydrogen-bond acceptors (Lipinski definition) is 4. The van der Waals surface area contributed by atoms with Gasteiger partial charge in [-0.1, -0.05) is 27.2 Å². The van der Waals surface area contributed by atoms with Gasteiger partial charge < -0.3 is 10.2 Å². The highest BCUT2D eigenvalue weighted by Crippen LogP contribution is 2.34. The number of aromatic nitrogens is 2. The van der Waals surface area contributed by atoms with Crippen molar-refractivity contribution in [1.82, 2.24) is 9.97 Å². The monoisotopic (exact) mass is 262 g/mol. The second-order valence-corrected chi connectivity index (χ2v) is 6.14. The molecule has 1 saturated heterocycles.